The minimum absolute atomic E-state index is 0.0358. The van der Waals surface area contributed by atoms with Crippen LogP contribution in [-0.4, -0.2) is 45.5 Å². The first-order valence-electron chi connectivity index (χ1n) is 6.30. The second-order valence-electron chi connectivity index (χ2n) is 4.96. The number of likely N-dealkylation sites (N-methyl/N-ethyl adjacent to an activating group) is 1. The van der Waals surface area contributed by atoms with E-state index < -0.39 is 12.0 Å². The number of rotatable bonds is 2. The zero-order chi connectivity index (χ0) is 12.7. The van der Waals surface area contributed by atoms with Crippen LogP contribution >= 0.6 is 0 Å². The summed E-state index contributed by atoms with van der Waals surface area (Å²) in [4.78, 5) is 17.6. The molecule has 2 aliphatic heterocycles. The van der Waals surface area contributed by atoms with E-state index in [2.05, 4.69) is 20.3 Å². The Morgan fingerprint density at radius 2 is 2.28 bits per heavy atom. The number of carboxylic acids is 1. The quantitative estimate of drug-likeness (QED) is 0.769. The van der Waals surface area contributed by atoms with Gasteiger partial charge in [0.25, 0.3) is 0 Å². The number of nitrogens with one attached hydrogen (secondary N) is 1. The second-order valence-corrected chi connectivity index (χ2v) is 4.96. The Hall–Kier alpha value is -1.63. The molecule has 98 valence electrons. The smallest absolute Gasteiger partial charge is 0.320 e. The lowest BCUT2D eigenvalue weighted by atomic mass is 9.98. The average molecular weight is 251 g/mol. The molecule has 0 spiro atoms. The van der Waals surface area contributed by atoms with Gasteiger partial charge >= 0.3 is 5.97 Å². The molecule has 7 nitrogen and oxygen atoms in total. The maximum atomic E-state index is 11.0. The van der Waals surface area contributed by atoms with Gasteiger partial charge in [0.2, 0.25) is 5.95 Å². The molecule has 2 N–H and O–H groups in total. The monoisotopic (exact) mass is 251 g/mol. The van der Waals surface area contributed by atoms with Crippen LogP contribution in [-0.2, 0) is 11.3 Å². The van der Waals surface area contributed by atoms with Crippen LogP contribution < -0.4 is 10.2 Å². The number of hydrogen-bond donors (Lipinski definition) is 2. The fraction of sp³-hybridized carbons (Fsp3) is 0.727. The minimum Gasteiger partial charge on any atom is -0.480 e. The fourth-order valence-corrected chi connectivity index (χ4v) is 2.61. The molecular weight excluding hydrogens is 234 g/mol. The van der Waals surface area contributed by atoms with Gasteiger partial charge < -0.3 is 10.0 Å². The van der Waals surface area contributed by atoms with Crippen LogP contribution in [0.2, 0.25) is 0 Å². The lowest BCUT2D eigenvalue weighted by Crippen LogP contribution is -2.42. The molecule has 2 unspecified atom stereocenters. The van der Waals surface area contributed by atoms with Gasteiger partial charge in [0.1, 0.15) is 6.04 Å². The Balaban J connectivity index is 1.78. The van der Waals surface area contributed by atoms with Gasteiger partial charge in [0.05, 0.1) is 12.6 Å². The van der Waals surface area contributed by atoms with Crippen LogP contribution in [0.15, 0.2) is 0 Å². The van der Waals surface area contributed by atoms with Crippen LogP contribution in [0.4, 0.5) is 5.95 Å². The van der Waals surface area contributed by atoms with E-state index in [0.29, 0.717) is 6.42 Å². The number of nitrogens with zero attached hydrogens (tertiary/aromatic N) is 4. The van der Waals surface area contributed by atoms with E-state index in [1.165, 1.54) is 0 Å². The predicted octanol–water partition coefficient (Wildman–Crippen LogP) is -0.00430. The van der Waals surface area contributed by atoms with E-state index in [1.807, 2.05) is 11.7 Å². The fourth-order valence-electron chi connectivity index (χ4n) is 2.61. The average Bonchev–Trinajstić information content (AvgIpc) is 2.92. The lowest BCUT2D eigenvalue weighted by Gasteiger charge is -2.26. The van der Waals surface area contributed by atoms with E-state index in [9.17, 15) is 4.79 Å². The number of aromatic nitrogens is 3. The number of piperidine rings is 1. The SMILES string of the molecule is CN1CCn2nc(C3CCCC(C(=O)O)N3)nc21. The summed E-state index contributed by atoms with van der Waals surface area (Å²) in [6, 6.07) is -0.508. The van der Waals surface area contributed by atoms with Crippen LogP contribution in [0.1, 0.15) is 31.1 Å². The van der Waals surface area contributed by atoms with E-state index >= 15 is 0 Å². The summed E-state index contributed by atoms with van der Waals surface area (Å²) in [5.74, 6) is 0.815. The molecular formula is C11H17N5O2. The van der Waals surface area contributed by atoms with Crippen molar-refractivity contribution in [2.75, 3.05) is 18.5 Å². The molecule has 0 bridgehead atoms. The molecule has 1 aromatic rings. The topological polar surface area (TPSA) is 83.3 Å². The van der Waals surface area contributed by atoms with Crippen LogP contribution in [0.3, 0.4) is 0 Å². The van der Waals surface area contributed by atoms with E-state index in [4.69, 9.17) is 5.11 Å². The lowest BCUT2D eigenvalue weighted by molar-refractivity contribution is -0.140. The molecule has 3 heterocycles. The van der Waals surface area contributed by atoms with Crippen molar-refractivity contribution < 1.29 is 9.90 Å². The maximum Gasteiger partial charge on any atom is 0.320 e. The molecule has 2 atom stereocenters. The van der Waals surface area contributed by atoms with Crippen LogP contribution in [0, 0.1) is 0 Å². The predicted molar refractivity (Wildman–Crippen MR) is 64.4 cm³/mol. The zero-order valence-corrected chi connectivity index (χ0v) is 10.3. The molecule has 0 saturated carbocycles. The minimum atomic E-state index is -0.788. The second kappa shape index (κ2) is 4.24. The summed E-state index contributed by atoms with van der Waals surface area (Å²) in [5, 5.41) is 16.6. The summed E-state index contributed by atoms with van der Waals surface area (Å²) in [7, 11) is 1.99. The van der Waals surface area contributed by atoms with Gasteiger partial charge in [-0.2, -0.15) is 10.1 Å². The molecule has 1 saturated heterocycles. The van der Waals surface area contributed by atoms with Gasteiger partial charge in [-0.1, -0.05) is 0 Å². The first-order valence-corrected chi connectivity index (χ1v) is 6.30. The van der Waals surface area contributed by atoms with Crippen LogP contribution in [0.5, 0.6) is 0 Å². The normalized spacial score (nSPS) is 27.3. The summed E-state index contributed by atoms with van der Waals surface area (Å²) < 4.78 is 1.89. The van der Waals surface area contributed by atoms with Crippen molar-refractivity contribution in [2.45, 2.75) is 37.9 Å². The summed E-state index contributed by atoms with van der Waals surface area (Å²) >= 11 is 0. The highest BCUT2D eigenvalue weighted by molar-refractivity contribution is 5.73. The summed E-state index contributed by atoms with van der Waals surface area (Å²) in [6.45, 7) is 1.79. The van der Waals surface area contributed by atoms with Gasteiger partial charge in [0, 0.05) is 13.6 Å². The van der Waals surface area contributed by atoms with Crippen molar-refractivity contribution in [3.8, 4) is 0 Å². The third-order valence-corrected chi connectivity index (χ3v) is 3.65. The van der Waals surface area contributed by atoms with Crippen molar-refractivity contribution in [2.24, 2.45) is 0 Å². The zero-order valence-electron chi connectivity index (χ0n) is 10.3. The molecule has 18 heavy (non-hydrogen) atoms. The van der Waals surface area contributed by atoms with Crippen molar-refractivity contribution in [1.82, 2.24) is 20.1 Å². The molecule has 3 rings (SSSR count). The third kappa shape index (κ3) is 1.84. The Morgan fingerprint density at radius 1 is 1.44 bits per heavy atom. The molecule has 0 aliphatic carbocycles. The maximum absolute atomic E-state index is 11.0. The van der Waals surface area contributed by atoms with Crippen molar-refractivity contribution >= 4 is 11.9 Å². The summed E-state index contributed by atoms with van der Waals surface area (Å²) in [6.07, 6.45) is 2.48. The first-order chi connectivity index (χ1) is 8.65. The highest BCUT2D eigenvalue weighted by atomic mass is 16.4. The Labute approximate surface area is 105 Å². The van der Waals surface area contributed by atoms with Gasteiger partial charge in [-0.05, 0) is 19.3 Å². The van der Waals surface area contributed by atoms with E-state index in [-0.39, 0.29) is 6.04 Å². The van der Waals surface area contributed by atoms with Gasteiger partial charge in [-0.25, -0.2) is 4.68 Å². The standard InChI is InChI=1S/C11H17N5O2/c1-15-5-6-16-11(15)13-9(14-16)7-3-2-4-8(12-7)10(17)18/h7-8,12H,2-6H2,1H3,(H,17,18). The van der Waals surface area contributed by atoms with Crippen molar-refractivity contribution in [1.29, 1.82) is 0 Å². The number of carboxylic acid groups (broad SMARTS) is 1. The largest absolute Gasteiger partial charge is 0.480 e. The number of carbonyl (C=O) groups is 1. The Morgan fingerprint density at radius 3 is 3.00 bits per heavy atom. The molecule has 0 radical (unpaired) electrons. The highest BCUT2D eigenvalue weighted by Crippen LogP contribution is 2.26. The summed E-state index contributed by atoms with van der Waals surface area (Å²) in [5.41, 5.74) is 0. The number of anilines is 1. The van der Waals surface area contributed by atoms with Crippen molar-refractivity contribution in [3.05, 3.63) is 5.82 Å². The van der Waals surface area contributed by atoms with Gasteiger partial charge in [-0.15, -0.1) is 0 Å². The molecule has 2 aliphatic rings. The number of fused-ring (bicyclic) bond motifs is 1. The number of aliphatic carboxylic acids is 1. The molecule has 1 aromatic heterocycles. The molecule has 0 aromatic carbocycles. The van der Waals surface area contributed by atoms with E-state index in [1.54, 1.807) is 0 Å². The Kier molecular flexibility index (Phi) is 2.70. The van der Waals surface area contributed by atoms with Crippen LogP contribution in [0.25, 0.3) is 0 Å². The van der Waals surface area contributed by atoms with Gasteiger partial charge in [-0.3, -0.25) is 10.1 Å². The first kappa shape index (κ1) is 11.5. The van der Waals surface area contributed by atoms with E-state index in [0.717, 1.165) is 37.7 Å². The Bertz CT molecular complexity index is 472. The molecule has 0 amide bonds. The van der Waals surface area contributed by atoms with Crippen molar-refractivity contribution in [3.63, 3.8) is 0 Å². The molecule has 7 heteroatoms. The molecule has 1 fully saturated rings. The third-order valence-electron chi connectivity index (χ3n) is 3.65. The van der Waals surface area contributed by atoms with Gasteiger partial charge in [0.15, 0.2) is 5.82 Å². The highest BCUT2D eigenvalue weighted by Gasteiger charge is 2.31. The number of hydrogen-bond acceptors (Lipinski definition) is 5.